The van der Waals surface area contributed by atoms with E-state index in [1.54, 1.807) is 6.07 Å². The van der Waals surface area contributed by atoms with Crippen molar-refractivity contribution < 1.29 is 4.79 Å². The highest BCUT2D eigenvalue weighted by Gasteiger charge is 2.26. The van der Waals surface area contributed by atoms with Gasteiger partial charge in [-0.25, -0.2) is 0 Å². The zero-order chi connectivity index (χ0) is 16.6. The smallest absolute Gasteiger partial charge is 0.254 e. The van der Waals surface area contributed by atoms with E-state index in [4.69, 9.17) is 5.73 Å². The van der Waals surface area contributed by atoms with Crippen LogP contribution in [-0.2, 0) is 0 Å². The molecule has 5 nitrogen and oxygen atoms in total. The molecule has 1 fully saturated rings. The number of halogens is 2. The number of fused-ring (bicyclic) bond motifs is 1. The summed E-state index contributed by atoms with van der Waals surface area (Å²) >= 11 is 3.42. The molecule has 1 atom stereocenters. The van der Waals surface area contributed by atoms with Crippen molar-refractivity contribution in [3.05, 3.63) is 44.7 Å². The van der Waals surface area contributed by atoms with Crippen molar-refractivity contribution in [2.75, 3.05) is 13.1 Å². The van der Waals surface area contributed by atoms with Gasteiger partial charge in [-0.3, -0.25) is 9.59 Å². The monoisotopic (exact) mass is 413 g/mol. The van der Waals surface area contributed by atoms with E-state index in [2.05, 4.69) is 20.9 Å². The summed E-state index contributed by atoms with van der Waals surface area (Å²) in [5.74, 6) is 0.381. The number of hydrogen-bond donors (Lipinski definition) is 2. The van der Waals surface area contributed by atoms with Gasteiger partial charge in [0, 0.05) is 40.6 Å². The van der Waals surface area contributed by atoms with Gasteiger partial charge in [-0.2, -0.15) is 0 Å². The average molecular weight is 415 g/mol. The molecule has 1 aliphatic heterocycles. The maximum absolute atomic E-state index is 12.9. The summed E-state index contributed by atoms with van der Waals surface area (Å²) in [6, 6.07) is 7.08. The number of rotatable bonds is 2. The van der Waals surface area contributed by atoms with Crippen LogP contribution in [0.2, 0.25) is 0 Å². The second-order valence-corrected chi connectivity index (χ2v) is 7.14. The molecule has 1 unspecified atom stereocenters. The van der Waals surface area contributed by atoms with Gasteiger partial charge in [0.2, 0.25) is 5.56 Å². The van der Waals surface area contributed by atoms with E-state index in [0.29, 0.717) is 30.1 Å². The Hall–Kier alpha value is -1.37. The summed E-state index contributed by atoms with van der Waals surface area (Å²) in [7, 11) is 0. The van der Waals surface area contributed by atoms with Crippen LogP contribution in [0.3, 0.4) is 0 Å². The van der Waals surface area contributed by atoms with Crippen LogP contribution in [0, 0.1) is 5.92 Å². The molecule has 1 saturated heterocycles. The molecule has 7 heteroatoms. The van der Waals surface area contributed by atoms with Crippen LogP contribution in [-0.4, -0.2) is 34.9 Å². The van der Waals surface area contributed by atoms with Gasteiger partial charge in [0.25, 0.3) is 5.91 Å². The van der Waals surface area contributed by atoms with Gasteiger partial charge in [-0.05, 0) is 43.9 Å². The molecule has 0 bridgehead atoms. The first-order valence-corrected chi connectivity index (χ1v) is 8.62. The number of nitrogens with one attached hydrogen (secondary N) is 1. The van der Waals surface area contributed by atoms with Crippen LogP contribution in [0.1, 0.15) is 30.1 Å². The van der Waals surface area contributed by atoms with Crippen molar-refractivity contribution in [2.45, 2.75) is 25.8 Å². The number of nitrogens with two attached hydrogens (primary N) is 1. The number of aromatic nitrogens is 1. The quantitative estimate of drug-likeness (QED) is 0.793. The number of likely N-dealkylation sites (tertiary alicyclic amines) is 1. The predicted octanol–water partition coefficient (Wildman–Crippen LogP) is 2.91. The first-order valence-electron chi connectivity index (χ1n) is 7.83. The molecule has 0 saturated carbocycles. The molecule has 0 spiro atoms. The van der Waals surface area contributed by atoms with Crippen LogP contribution < -0.4 is 11.3 Å². The summed E-state index contributed by atoms with van der Waals surface area (Å²) in [5.41, 5.74) is 6.84. The maximum atomic E-state index is 12.9. The van der Waals surface area contributed by atoms with Crippen molar-refractivity contribution in [2.24, 2.45) is 11.7 Å². The Morgan fingerprint density at radius 2 is 2.00 bits per heavy atom. The molecule has 130 valence electrons. The predicted molar refractivity (Wildman–Crippen MR) is 102 cm³/mol. The fourth-order valence-electron chi connectivity index (χ4n) is 3.20. The summed E-state index contributed by atoms with van der Waals surface area (Å²) in [5, 5.41) is 0.762. The Kier molecular flexibility index (Phi) is 6.06. The summed E-state index contributed by atoms with van der Waals surface area (Å²) in [6.07, 6.45) is 1.82. The zero-order valence-corrected chi connectivity index (χ0v) is 15.8. The van der Waals surface area contributed by atoms with Crippen LogP contribution in [0.25, 0.3) is 10.9 Å². The van der Waals surface area contributed by atoms with Gasteiger partial charge in [-0.15, -0.1) is 12.4 Å². The number of pyridine rings is 1. The second-order valence-electron chi connectivity index (χ2n) is 6.23. The van der Waals surface area contributed by atoms with Gasteiger partial charge in [-0.1, -0.05) is 15.9 Å². The minimum Gasteiger partial charge on any atom is -0.339 e. The van der Waals surface area contributed by atoms with Crippen molar-refractivity contribution >= 4 is 45.1 Å². The van der Waals surface area contributed by atoms with Gasteiger partial charge >= 0.3 is 0 Å². The van der Waals surface area contributed by atoms with Crippen LogP contribution >= 0.6 is 28.3 Å². The van der Waals surface area contributed by atoms with E-state index in [0.717, 1.165) is 22.7 Å². The number of amides is 1. The lowest BCUT2D eigenvalue weighted by molar-refractivity contribution is 0.0683. The Morgan fingerprint density at radius 3 is 2.62 bits per heavy atom. The Balaban J connectivity index is 0.00000208. The zero-order valence-electron chi connectivity index (χ0n) is 13.4. The molecule has 1 aromatic heterocycles. The van der Waals surface area contributed by atoms with Crippen molar-refractivity contribution in [1.29, 1.82) is 0 Å². The van der Waals surface area contributed by atoms with E-state index >= 15 is 0 Å². The summed E-state index contributed by atoms with van der Waals surface area (Å²) in [4.78, 5) is 29.3. The van der Waals surface area contributed by atoms with Crippen molar-refractivity contribution in [3.63, 3.8) is 0 Å². The second kappa shape index (κ2) is 7.68. The summed E-state index contributed by atoms with van der Waals surface area (Å²) < 4.78 is 0.877. The first-order chi connectivity index (χ1) is 11.0. The van der Waals surface area contributed by atoms with Crippen molar-refractivity contribution in [3.8, 4) is 0 Å². The average Bonchev–Trinajstić information content (AvgIpc) is 2.54. The number of piperidine rings is 1. The van der Waals surface area contributed by atoms with Crippen LogP contribution in [0.15, 0.2) is 33.5 Å². The van der Waals surface area contributed by atoms with Crippen LogP contribution in [0.4, 0.5) is 0 Å². The van der Waals surface area contributed by atoms with Crippen LogP contribution in [0.5, 0.6) is 0 Å². The molecular weight excluding hydrogens is 394 g/mol. The molecule has 1 aromatic carbocycles. The topological polar surface area (TPSA) is 79.2 Å². The third-order valence-corrected chi connectivity index (χ3v) is 5.10. The first kappa shape index (κ1) is 19.0. The molecule has 3 N–H and O–H groups in total. The lowest BCUT2D eigenvalue weighted by Gasteiger charge is -2.33. The molecule has 24 heavy (non-hydrogen) atoms. The molecule has 1 aliphatic rings. The Bertz CT molecular complexity index is 798. The number of aromatic amines is 1. The van der Waals surface area contributed by atoms with Gasteiger partial charge in [0.1, 0.15) is 0 Å². The maximum Gasteiger partial charge on any atom is 0.254 e. The van der Waals surface area contributed by atoms with E-state index in [-0.39, 0.29) is 29.9 Å². The molecule has 3 rings (SSSR count). The Morgan fingerprint density at radius 1 is 1.33 bits per heavy atom. The number of H-pyrrole nitrogens is 1. The number of nitrogens with zero attached hydrogens (tertiary/aromatic N) is 1. The molecular formula is C17H21BrClN3O2. The SMILES string of the molecule is CC(N)C1CCN(C(=O)c2cc(=O)[nH]c3ccc(Br)cc23)CC1.Cl. The number of carbonyl (C=O) groups excluding carboxylic acids is 1. The van der Waals surface area contributed by atoms with Gasteiger partial charge in [0.15, 0.2) is 0 Å². The molecule has 0 aliphatic carbocycles. The minimum absolute atomic E-state index is 0. The molecule has 2 heterocycles. The normalized spacial score (nSPS) is 16.7. The highest BCUT2D eigenvalue weighted by molar-refractivity contribution is 9.10. The van der Waals surface area contributed by atoms with Gasteiger partial charge in [0.05, 0.1) is 5.56 Å². The largest absolute Gasteiger partial charge is 0.339 e. The van der Waals surface area contributed by atoms with E-state index in [9.17, 15) is 9.59 Å². The lowest BCUT2D eigenvalue weighted by atomic mass is 9.90. The standard InChI is InChI=1S/C17H20BrN3O2.ClH/c1-10(19)11-4-6-21(7-5-11)17(23)14-9-16(22)20-15-3-2-12(18)8-13(14)15;/h2-3,8-11H,4-7,19H2,1H3,(H,20,22);1H. The lowest BCUT2D eigenvalue weighted by Crippen LogP contribution is -2.42. The summed E-state index contributed by atoms with van der Waals surface area (Å²) in [6.45, 7) is 3.39. The van der Waals surface area contributed by atoms with E-state index in [1.807, 2.05) is 24.0 Å². The minimum atomic E-state index is -0.256. The number of carbonyl (C=O) groups is 1. The third kappa shape index (κ3) is 3.82. The fraction of sp³-hybridized carbons (Fsp3) is 0.412. The third-order valence-electron chi connectivity index (χ3n) is 4.61. The van der Waals surface area contributed by atoms with Crippen molar-refractivity contribution in [1.82, 2.24) is 9.88 Å². The molecule has 2 aromatic rings. The number of benzene rings is 1. The Labute approximate surface area is 155 Å². The molecule has 0 radical (unpaired) electrons. The highest BCUT2D eigenvalue weighted by Crippen LogP contribution is 2.25. The van der Waals surface area contributed by atoms with Gasteiger partial charge < -0.3 is 15.6 Å². The van der Waals surface area contributed by atoms with E-state index < -0.39 is 0 Å². The highest BCUT2D eigenvalue weighted by atomic mass is 79.9. The fourth-order valence-corrected chi connectivity index (χ4v) is 3.56. The molecule has 1 amide bonds. The van der Waals surface area contributed by atoms with E-state index in [1.165, 1.54) is 6.07 Å². The number of hydrogen-bond acceptors (Lipinski definition) is 3.